The van der Waals surface area contributed by atoms with Crippen molar-refractivity contribution in [2.45, 2.75) is 25.4 Å². The van der Waals surface area contributed by atoms with Crippen molar-refractivity contribution in [3.63, 3.8) is 0 Å². The fourth-order valence-electron chi connectivity index (χ4n) is 3.27. The van der Waals surface area contributed by atoms with Crippen LogP contribution in [-0.2, 0) is 6.54 Å². The Bertz CT molecular complexity index is 736. The van der Waals surface area contributed by atoms with Crippen molar-refractivity contribution < 1.29 is 14.3 Å². The predicted molar refractivity (Wildman–Crippen MR) is 87.7 cm³/mol. The third kappa shape index (κ3) is 2.87. The van der Waals surface area contributed by atoms with Gasteiger partial charge < -0.3 is 19.7 Å². The number of pyridine rings is 1. The van der Waals surface area contributed by atoms with Gasteiger partial charge >= 0.3 is 6.03 Å². The summed E-state index contributed by atoms with van der Waals surface area (Å²) in [5.41, 5.74) is 2.13. The largest absolute Gasteiger partial charge is 0.454 e. The molecule has 0 bridgehead atoms. The number of hydrogen-bond acceptors (Lipinski definition) is 4. The highest BCUT2D eigenvalue weighted by Gasteiger charge is 2.29. The zero-order chi connectivity index (χ0) is 16.4. The van der Waals surface area contributed by atoms with Crippen LogP contribution in [0.25, 0.3) is 0 Å². The van der Waals surface area contributed by atoms with Crippen LogP contribution in [0.15, 0.2) is 42.7 Å². The number of aromatic nitrogens is 1. The molecule has 2 amide bonds. The first kappa shape index (κ1) is 14.8. The molecule has 0 spiro atoms. The van der Waals surface area contributed by atoms with Gasteiger partial charge in [-0.05, 0) is 48.2 Å². The average Bonchev–Trinajstić information content (AvgIpc) is 3.29. The van der Waals surface area contributed by atoms with E-state index in [0.29, 0.717) is 6.54 Å². The summed E-state index contributed by atoms with van der Waals surface area (Å²) in [7, 11) is 0. The van der Waals surface area contributed by atoms with Crippen molar-refractivity contribution >= 4 is 6.03 Å². The third-order valence-corrected chi connectivity index (χ3v) is 4.49. The molecular weight excluding hydrogens is 306 g/mol. The molecule has 4 rings (SSSR count). The molecule has 1 fully saturated rings. The molecule has 1 atom stereocenters. The van der Waals surface area contributed by atoms with Crippen molar-refractivity contribution in [2.75, 3.05) is 13.3 Å². The van der Waals surface area contributed by atoms with E-state index >= 15 is 0 Å². The Labute approximate surface area is 140 Å². The summed E-state index contributed by atoms with van der Waals surface area (Å²) in [4.78, 5) is 18.5. The molecule has 0 radical (unpaired) electrons. The average molecular weight is 325 g/mol. The fraction of sp³-hybridized carbons (Fsp3) is 0.333. The molecule has 6 heteroatoms. The van der Waals surface area contributed by atoms with E-state index in [0.717, 1.165) is 42.0 Å². The number of benzene rings is 1. The van der Waals surface area contributed by atoms with Crippen LogP contribution in [0.4, 0.5) is 4.79 Å². The van der Waals surface area contributed by atoms with Crippen LogP contribution in [0.1, 0.15) is 30.0 Å². The van der Waals surface area contributed by atoms with Gasteiger partial charge in [-0.15, -0.1) is 0 Å². The van der Waals surface area contributed by atoms with Crippen LogP contribution in [0, 0.1) is 0 Å². The minimum atomic E-state index is -0.0352. The van der Waals surface area contributed by atoms with Crippen molar-refractivity contribution in [1.29, 1.82) is 0 Å². The number of nitrogens with zero attached hydrogens (tertiary/aromatic N) is 2. The highest BCUT2D eigenvalue weighted by molar-refractivity contribution is 5.75. The van der Waals surface area contributed by atoms with E-state index in [4.69, 9.17) is 9.47 Å². The summed E-state index contributed by atoms with van der Waals surface area (Å²) in [6.07, 6.45) is 5.55. The number of carbonyl (C=O) groups excluding carboxylic acids is 1. The standard InChI is InChI=1S/C18H19N3O3/c22-18(20-11-13-3-4-16-17(10-13)24-12-23-16)21-9-1-2-15(21)14-5-7-19-8-6-14/h3-8,10,15H,1-2,9,11-12H2,(H,20,22). The number of ether oxygens (including phenoxy) is 2. The minimum Gasteiger partial charge on any atom is -0.454 e. The second-order valence-electron chi connectivity index (χ2n) is 5.98. The SMILES string of the molecule is O=C(NCc1ccc2c(c1)OCO2)N1CCCC1c1ccncc1. The van der Waals surface area contributed by atoms with Gasteiger partial charge in [0.1, 0.15) is 0 Å². The van der Waals surface area contributed by atoms with Crippen molar-refractivity contribution in [2.24, 2.45) is 0 Å². The Morgan fingerprint density at radius 3 is 2.92 bits per heavy atom. The summed E-state index contributed by atoms with van der Waals surface area (Å²) in [6.45, 7) is 1.50. The van der Waals surface area contributed by atoms with Crippen LogP contribution >= 0.6 is 0 Å². The second kappa shape index (κ2) is 6.39. The van der Waals surface area contributed by atoms with Gasteiger partial charge in [-0.2, -0.15) is 0 Å². The number of amides is 2. The minimum absolute atomic E-state index is 0.0352. The van der Waals surface area contributed by atoms with Crippen molar-refractivity contribution in [3.8, 4) is 11.5 Å². The number of likely N-dealkylation sites (tertiary alicyclic amines) is 1. The normalized spacial score (nSPS) is 18.7. The Morgan fingerprint density at radius 1 is 1.21 bits per heavy atom. The van der Waals surface area contributed by atoms with E-state index in [-0.39, 0.29) is 18.9 Å². The molecule has 0 saturated carbocycles. The first-order valence-electron chi connectivity index (χ1n) is 8.14. The first-order valence-corrected chi connectivity index (χ1v) is 8.14. The Balaban J connectivity index is 1.40. The molecule has 1 saturated heterocycles. The lowest BCUT2D eigenvalue weighted by molar-refractivity contribution is 0.174. The topological polar surface area (TPSA) is 63.7 Å². The Hall–Kier alpha value is -2.76. The molecular formula is C18H19N3O3. The van der Waals surface area contributed by atoms with E-state index in [1.165, 1.54) is 0 Å². The molecule has 3 heterocycles. The Morgan fingerprint density at radius 2 is 2.04 bits per heavy atom. The zero-order valence-electron chi connectivity index (χ0n) is 13.3. The number of hydrogen-bond donors (Lipinski definition) is 1. The summed E-state index contributed by atoms with van der Waals surface area (Å²) < 4.78 is 10.7. The maximum atomic E-state index is 12.6. The van der Waals surface area contributed by atoms with Gasteiger partial charge in [-0.1, -0.05) is 6.07 Å². The molecule has 2 aliphatic heterocycles. The van der Waals surface area contributed by atoms with Gasteiger partial charge in [0, 0.05) is 25.5 Å². The number of rotatable bonds is 3. The van der Waals surface area contributed by atoms with Crippen LogP contribution in [-0.4, -0.2) is 29.3 Å². The maximum absolute atomic E-state index is 12.6. The molecule has 2 aliphatic rings. The van der Waals surface area contributed by atoms with Crippen molar-refractivity contribution in [1.82, 2.24) is 15.2 Å². The number of carbonyl (C=O) groups is 1. The third-order valence-electron chi connectivity index (χ3n) is 4.49. The first-order chi connectivity index (χ1) is 11.8. The highest BCUT2D eigenvalue weighted by atomic mass is 16.7. The quantitative estimate of drug-likeness (QED) is 0.942. The summed E-state index contributed by atoms with van der Waals surface area (Å²) >= 11 is 0. The van der Waals surface area contributed by atoms with Crippen LogP contribution < -0.4 is 14.8 Å². The van der Waals surface area contributed by atoms with E-state index in [9.17, 15) is 4.79 Å². The lowest BCUT2D eigenvalue weighted by Crippen LogP contribution is -2.39. The van der Waals surface area contributed by atoms with Gasteiger partial charge in [-0.3, -0.25) is 4.98 Å². The highest BCUT2D eigenvalue weighted by Crippen LogP contribution is 2.33. The number of nitrogens with one attached hydrogen (secondary N) is 1. The molecule has 1 unspecified atom stereocenters. The van der Waals surface area contributed by atoms with E-state index in [1.54, 1.807) is 12.4 Å². The predicted octanol–water partition coefficient (Wildman–Crippen LogP) is 2.86. The molecule has 2 aromatic rings. The van der Waals surface area contributed by atoms with Gasteiger partial charge in [0.2, 0.25) is 6.79 Å². The summed E-state index contributed by atoms with van der Waals surface area (Å²) in [5.74, 6) is 1.49. The summed E-state index contributed by atoms with van der Waals surface area (Å²) in [5, 5.41) is 3.01. The smallest absolute Gasteiger partial charge is 0.318 e. The van der Waals surface area contributed by atoms with Crippen LogP contribution in [0.5, 0.6) is 11.5 Å². The van der Waals surface area contributed by atoms with Gasteiger partial charge in [0.25, 0.3) is 0 Å². The van der Waals surface area contributed by atoms with E-state index < -0.39 is 0 Å². The lowest BCUT2D eigenvalue weighted by Gasteiger charge is -2.25. The number of urea groups is 1. The van der Waals surface area contributed by atoms with Crippen molar-refractivity contribution in [3.05, 3.63) is 53.9 Å². The second-order valence-corrected chi connectivity index (χ2v) is 5.98. The van der Waals surface area contributed by atoms with Crippen LogP contribution in [0.3, 0.4) is 0 Å². The maximum Gasteiger partial charge on any atom is 0.318 e. The van der Waals surface area contributed by atoms with Gasteiger partial charge in [0.05, 0.1) is 6.04 Å². The number of fused-ring (bicyclic) bond motifs is 1. The lowest BCUT2D eigenvalue weighted by atomic mass is 10.1. The monoisotopic (exact) mass is 325 g/mol. The van der Waals surface area contributed by atoms with Gasteiger partial charge in [-0.25, -0.2) is 4.79 Å². The summed E-state index contributed by atoms with van der Waals surface area (Å²) in [6, 6.07) is 9.78. The van der Waals surface area contributed by atoms with E-state index in [1.807, 2.05) is 35.2 Å². The zero-order valence-corrected chi connectivity index (χ0v) is 13.3. The fourth-order valence-corrected chi connectivity index (χ4v) is 3.27. The molecule has 1 aromatic heterocycles. The van der Waals surface area contributed by atoms with Gasteiger partial charge in [0.15, 0.2) is 11.5 Å². The molecule has 1 aromatic carbocycles. The molecule has 124 valence electrons. The molecule has 24 heavy (non-hydrogen) atoms. The van der Waals surface area contributed by atoms with Crippen LogP contribution in [0.2, 0.25) is 0 Å². The Kier molecular flexibility index (Phi) is 3.94. The molecule has 6 nitrogen and oxygen atoms in total. The molecule has 0 aliphatic carbocycles. The molecule has 1 N–H and O–H groups in total. The van der Waals surface area contributed by atoms with E-state index in [2.05, 4.69) is 10.3 Å².